The maximum Gasteiger partial charge on any atom is 0.0166 e. The van der Waals surface area contributed by atoms with E-state index in [0.717, 1.165) is 19.1 Å². The molecule has 0 saturated carbocycles. The first kappa shape index (κ1) is 11.3. The fraction of sp³-hybridized carbons (Fsp3) is 1.00. The van der Waals surface area contributed by atoms with Gasteiger partial charge >= 0.3 is 0 Å². The van der Waals surface area contributed by atoms with Gasteiger partial charge in [-0.15, -0.1) is 0 Å². The molecule has 1 aliphatic rings. The lowest BCUT2D eigenvalue weighted by molar-refractivity contribution is 0.356. The van der Waals surface area contributed by atoms with Crippen molar-refractivity contribution in [1.29, 1.82) is 0 Å². The van der Waals surface area contributed by atoms with E-state index < -0.39 is 0 Å². The van der Waals surface area contributed by atoms with Crippen LogP contribution in [-0.4, -0.2) is 30.6 Å². The van der Waals surface area contributed by atoms with Crippen LogP contribution in [0.1, 0.15) is 20.3 Å². The van der Waals surface area contributed by atoms with Crippen molar-refractivity contribution >= 4 is 11.8 Å². The Kier molecular flexibility index (Phi) is 5.14. The molecule has 1 fully saturated rings. The predicted molar refractivity (Wildman–Crippen MR) is 61.1 cm³/mol. The summed E-state index contributed by atoms with van der Waals surface area (Å²) in [6.45, 7) is 6.41. The molecule has 2 atom stereocenters. The summed E-state index contributed by atoms with van der Waals surface area (Å²) in [6, 6.07) is 0.748. The highest BCUT2D eigenvalue weighted by molar-refractivity contribution is 7.99. The largest absolute Gasteiger partial charge is 0.330 e. The van der Waals surface area contributed by atoms with Gasteiger partial charge in [-0.05, 0) is 37.1 Å². The Bertz CT molecular complexity index is 133. The van der Waals surface area contributed by atoms with Crippen molar-refractivity contribution in [1.82, 2.24) is 5.32 Å². The van der Waals surface area contributed by atoms with Gasteiger partial charge in [0.2, 0.25) is 0 Å². The summed E-state index contributed by atoms with van der Waals surface area (Å²) in [4.78, 5) is 0. The van der Waals surface area contributed by atoms with Crippen LogP contribution in [0.2, 0.25) is 0 Å². The van der Waals surface area contributed by atoms with Crippen LogP contribution in [0.5, 0.6) is 0 Å². The molecular weight excluding hydrogens is 180 g/mol. The molecule has 0 radical (unpaired) electrons. The van der Waals surface area contributed by atoms with Crippen LogP contribution in [0, 0.1) is 11.8 Å². The number of hydrogen-bond acceptors (Lipinski definition) is 3. The van der Waals surface area contributed by atoms with Crippen LogP contribution in [0.25, 0.3) is 0 Å². The number of rotatable bonds is 5. The van der Waals surface area contributed by atoms with Crippen molar-refractivity contribution in [2.75, 3.05) is 24.6 Å². The minimum Gasteiger partial charge on any atom is -0.330 e. The van der Waals surface area contributed by atoms with E-state index in [1.807, 2.05) is 0 Å². The highest BCUT2D eigenvalue weighted by atomic mass is 32.2. The molecule has 0 amide bonds. The van der Waals surface area contributed by atoms with Crippen molar-refractivity contribution in [3.05, 3.63) is 0 Å². The van der Waals surface area contributed by atoms with Gasteiger partial charge in [-0.1, -0.05) is 13.8 Å². The number of hydrogen-bond donors (Lipinski definition) is 2. The first-order valence-electron chi connectivity index (χ1n) is 5.25. The topological polar surface area (TPSA) is 38.0 Å². The Labute approximate surface area is 86.0 Å². The second-order valence-corrected chi connectivity index (χ2v) is 5.36. The van der Waals surface area contributed by atoms with E-state index in [-0.39, 0.29) is 0 Å². The van der Waals surface area contributed by atoms with Gasteiger partial charge in [0.15, 0.2) is 0 Å². The van der Waals surface area contributed by atoms with Gasteiger partial charge in [0.05, 0.1) is 0 Å². The molecule has 1 saturated heterocycles. The van der Waals surface area contributed by atoms with Crippen molar-refractivity contribution in [2.24, 2.45) is 17.6 Å². The molecular formula is C10H22N2S. The van der Waals surface area contributed by atoms with E-state index in [2.05, 4.69) is 30.9 Å². The van der Waals surface area contributed by atoms with Gasteiger partial charge in [0, 0.05) is 11.8 Å². The zero-order valence-corrected chi connectivity index (χ0v) is 9.57. The Morgan fingerprint density at radius 1 is 1.54 bits per heavy atom. The Morgan fingerprint density at radius 2 is 2.31 bits per heavy atom. The molecule has 0 aromatic heterocycles. The fourth-order valence-corrected chi connectivity index (χ4v) is 2.79. The minimum atomic E-state index is 0.644. The third kappa shape index (κ3) is 3.88. The maximum absolute atomic E-state index is 5.71. The lowest BCUT2D eigenvalue weighted by Gasteiger charge is -2.21. The zero-order valence-electron chi connectivity index (χ0n) is 8.75. The van der Waals surface area contributed by atoms with Crippen LogP contribution in [-0.2, 0) is 0 Å². The standard InChI is InChI=1S/C10H22N2S/c1-8(2)9(5-11)6-12-10-3-4-13-7-10/h8-10,12H,3-7,11H2,1-2H3. The van der Waals surface area contributed by atoms with Gasteiger partial charge in [0.1, 0.15) is 0 Å². The van der Waals surface area contributed by atoms with Crippen molar-refractivity contribution in [3.8, 4) is 0 Å². The molecule has 13 heavy (non-hydrogen) atoms. The quantitative estimate of drug-likeness (QED) is 0.706. The van der Waals surface area contributed by atoms with Crippen LogP contribution >= 0.6 is 11.8 Å². The van der Waals surface area contributed by atoms with Crippen molar-refractivity contribution in [2.45, 2.75) is 26.3 Å². The van der Waals surface area contributed by atoms with E-state index in [1.165, 1.54) is 17.9 Å². The molecule has 1 rings (SSSR count). The zero-order chi connectivity index (χ0) is 9.68. The molecule has 3 heteroatoms. The molecule has 0 aromatic carbocycles. The molecule has 0 spiro atoms. The molecule has 0 aliphatic carbocycles. The lowest BCUT2D eigenvalue weighted by Crippen LogP contribution is -2.37. The molecule has 0 aromatic rings. The average molecular weight is 202 g/mol. The lowest BCUT2D eigenvalue weighted by atomic mass is 9.96. The fourth-order valence-electron chi connectivity index (χ4n) is 1.60. The van der Waals surface area contributed by atoms with E-state index in [4.69, 9.17) is 5.73 Å². The molecule has 3 N–H and O–H groups in total. The maximum atomic E-state index is 5.71. The highest BCUT2D eigenvalue weighted by Crippen LogP contribution is 2.17. The van der Waals surface area contributed by atoms with E-state index in [0.29, 0.717) is 11.8 Å². The number of nitrogens with two attached hydrogens (primary N) is 1. The number of nitrogens with one attached hydrogen (secondary N) is 1. The van der Waals surface area contributed by atoms with Crippen LogP contribution < -0.4 is 11.1 Å². The van der Waals surface area contributed by atoms with E-state index in [1.54, 1.807) is 0 Å². The second-order valence-electron chi connectivity index (χ2n) is 4.21. The summed E-state index contributed by atoms with van der Waals surface area (Å²) in [5.41, 5.74) is 5.71. The molecule has 2 nitrogen and oxygen atoms in total. The van der Waals surface area contributed by atoms with Crippen molar-refractivity contribution < 1.29 is 0 Å². The summed E-state index contributed by atoms with van der Waals surface area (Å²) in [5, 5.41) is 3.61. The van der Waals surface area contributed by atoms with Crippen LogP contribution in [0.4, 0.5) is 0 Å². The Balaban J connectivity index is 2.15. The van der Waals surface area contributed by atoms with Crippen molar-refractivity contribution in [3.63, 3.8) is 0 Å². The van der Waals surface area contributed by atoms with E-state index >= 15 is 0 Å². The first-order valence-corrected chi connectivity index (χ1v) is 6.40. The van der Waals surface area contributed by atoms with Gasteiger partial charge in [-0.2, -0.15) is 11.8 Å². The molecule has 78 valence electrons. The van der Waals surface area contributed by atoms with Crippen LogP contribution in [0.15, 0.2) is 0 Å². The van der Waals surface area contributed by atoms with Gasteiger partial charge < -0.3 is 11.1 Å². The minimum absolute atomic E-state index is 0.644. The molecule has 1 heterocycles. The van der Waals surface area contributed by atoms with E-state index in [9.17, 15) is 0 Å². The summed E-state index contributed by atoms with van der Waals surface area (Å²) in [6.07, 6.45) is 1.33. The van der Waals surface area contributed by atoms with Crippen LogP contribution in [0.3, 0.4) is 0 Å². The summed E-state index contributed by atoms with van der Waals surface area (Å²) in [7, 11) is 0. The summed E-state index contributed by atoms with van der Waals surface area (Å²) < 4.78 is 0. The Hall–Kier alpha value is 0.270. The monoisotopic (exact) mass is 202 g/mol. The highest BCUT2D eigenvalue weighted by Gasteiger charge is 2.17. The molecule has 2 unspecified atom stereocenters. The SMILES string of the molecule is CC(C)C(CN)CNC1CCSC1. The summed E-state index contributed by atoms with van der Waals surface area (Å²) >= 11 is 2.06. The molecule has 0 bridgehead atoms. The molecule has 1 aliphatic heterocycles. The smallest absolute Gasteiger partial charge is 0.0166 e. The summed E-state index contributed by atoms with van der Waals surface area (Å²) in [5.74, 6) is 3.96. The predicted octanol–water partition coefficient (Wildman–Crippen LogP) is 1.31. The van der Waals surface area contributed by atoms with Gasteiger partial charge in [0.25, 0.3) is 0 Å². The third-order valence-electron chi connectivity index (χ3n) is 2.84. The van der Waals surface area contributed by atoms with Gasteiger partial charge in [-0.3, -0.25) is 0 Å². The first-order chi connectivity index (χ1) is 6.24. The third-order valence-corrected chi connectivity index (χ3v) is 4.01. The average Bonchev–Trinajstić information content (AvgIpc) is 2.57. The normalized spacial score (nSPS) is 25.4. The Morgan fingerprint density at radius 3 is 2.77 bits per heavy atom. The second kappa shape index (κ2) is 5.89. The van der Waals surface area contributed by atoms with Gasteiger partial charge in [-0.25, -0.2) is 0 Å². The number of thioether (sulfide) groups is 1.